The van der Waals surface area contributed by atoms with E-state index in [1.54, 1.807) is 0 Å². The van der Waals surface area contributed by atoms with Crippen LogP contribution in [-0.2, 0) is 0 Å². The summed E-state index contributed by atoms with van der Waals surface area (Å²) < 4.78 is 0. The third-order valence-electron chi connectivity index (χ3n) is 3.02. The molecule has 1 aromatic carbocycles. The van der Waals surface area contributed by atoms with E-state index >= 15 is 0 Å². The minimum Gasteiger partial charge on any atom is -0.316 e. The van der Waals surface area contributed by atoms with Gasteiger partial charge in [0, 0.05) is 6.04 Å². The zero-order valence-electron chi connectivity index (χ0n) is 10.9. The summed E-state index contributed by atoms with van der Waals surface area (Å²) in [5.74, 6) is 0. The highest BCUT2D eigenvalue weighted by Crippen LogP contribution is 2.19. The standard InChI is InChI=1S/C15H24N2/c1-4-6-11-15(16)17-12(3)14-10-8-7-9-13(14)5-2/h5,7-10,12,15,17H,2,4,6,11,16H2,1,3H3. The summed E-state index contributed by atoms with van der Waals surface area (Å²) in [5.41, 5.74) is 8.49. The minimum atomic E-state index is 0.0721. The largest absolute Gasteiger partial charge is 0.316 e. The van der Waals surface area contributed by atoms with Crippen LogP contribution in [0.3, 0.4) is 0 Å². The van der Waals surface area contributed by atoms with E-state index in [4.69, 9.17) is 5.73 Å². The van der Waals surface area contributed by atoms with Gasteiger partial charge in [0.25, 0.3) is 0 Å². The average Bonchev–Trinajstić information content (AvgIpc) is 2.36. The molecule has 0 aliphatic heterocycles. The Bertz CT molecular complexity index is 347. The molecule has 2 nitrogen and oxygen atoms in total. The highest BCUT2D eigenvalue weighted by molar-refractivity contribution is 5.52. The third-order valence-corrected chi connectivity index (χ3v) is 3.02. The number of hydrogen-bond acceptors (Lipinski definition) is 2. The van der Waals surface area contributed by atoms with Crippen molar-refractivity contribution in [2.24, 2.45) is 5.73 Å². The summed E-state index contributed by atoms with van der Waals surface area (Å²) in [6.07, 6.45) is 5.35. The summed E-state index contributed by atoms with van der Waals surface area (Å²) in [6.45, 7) is 8.17. The van der Waals surface area contributed by atoms with E-state index < -0.39 is 0 Å². The lowest BCUT2D eigenvalue weighted by Crippen LogP contribution is -2.39. The molecule has 1 aromatic rings. The van der Waals surface area contributed by atoms with Gasteiger partial charge in [0.15, 0.2) is 0 Å². The maximum absolute atomic E-state index is 6.05. The quantitative estimate of drug-likeness (QED) is 0.707. The zero-order chi connectivity index (χ0) is 12.7. The molecular weight excluding hydrogens is 208 g/mol. The van der Waals surface area contributed by atoms with Gasteiger partial charge in [0.05, 0.1) is 6.17 Å². The van der Waals surface area contributed by atoms with Crippen molar-refractivity contribution in [1.29, 1.82) is 0 Å². The predicted octanol–water partition coefficient (Wildman–Crippen LogP) is 3.46. The minimum absolute atomic E-state index is 0.0721. The molecule has 3 N–H and O–H groups in total. The van der Waals surface area contributed by atoms with E-state index in [0.29, 0.717) is 0 Å². The number of nitrogens with one attached hydrogen (secondary N) is 1. The Balaban J connectivity index is 2.62. The highest BCUT2D eigenvalue weighted by atomic mass is 15.0. The molecule has 17 heavy (non-hydrogen) atoms. The highest BCUT2D eigenvalue weighted by Gasteiger charge is 2.11. The van der Waals surface area contributed by atoms with Crippen molar-refractivity contribution in [3.63, 3.8) is 0 Å². The van der Waals surface area contributed by atoms with E-state index in [2.05, 4.69) is 43.9 Å². The summed E-state index contributed by atoms with van der Waals surface area (Å²) in [4.78, 5) is 0. The van der Waals surface area contributed by atoms with Crippen molar-refractivity contribution in [1.82, 2.24) is 5.32 Å². The topological polar surface area (TPSA) is 38.0 Å². The second-order valence-electron chi connectivity index (χ2n) is 4.47. The first-order valence-electron chi connectivity index (χ1n) is 6.42. The van der Waals surface area contributed by atoms with E-state index in [1.807, 2.05) is 12.1 Å². The molecule has 0 saturated carbocycles. The van der Waals surface area contributed by atoms with Gasteiger partial charge in [0.2, 0.25) is 0 Å². The predicted molar refractivity (Wildman–Crippen MR) is 75.6 cm³/mol. The van der Waals surface area contributed by atoms with Crippen molar-refractivity contribution in [3.8, 4) is 0 Å². The van der Waals surface area contributed by atoms with Gasteiger partial charge >= 0.3 is 0 Å². The van der Waals surface area contributed by atoms with Crippen molar-refractivity contribution in [2.45, 2.75) is 45.3 Å². The smallest absolute Gasteiger partial charge is 0.0550 e. The van der Waals surface area contributed by atoms with Crippen molar-refractivity contribution >= 4 is 6.08 Å². The summed E-state index contributed by atoms with van der Waals surface area (Å²) in [6, 6.07) is 8.55. The second-order valence-corrected chi connectivity index (χ2v) is 4.47. The summed E-state index contributed by atoms with van der Waals surface area (Å²) >= 11 is 0. The van der Waals surface area contributed by atoms with Gasteiger partial charge < -0.3 is 5.73 Å². The lowest BCUT2D eigenvalue weighted by Gasteiger charge is -2.21. The lowest BCUT2D eigenvalue weighted by atomic mass is 10.0. The Labute approximate surface area is 105 Å². The number of unbranched alkanes of at least 4 members (excludes halogenated alkanes) is 1. The Morgan fingerprint density at radius 2 is 2.12 bits per heavy atom. The molecule has 0 fully saturated rings. The molecule has 0 aliphatic carbocycles. The molecule has 2 atom stereocenters. The van der Waals surface area contributed by atoms with E-state index in [1.165, 1.54) is 24.0 Å². The third kappa shape index (κ3) is 4.33. The molecule has 0 bridgehead atoms. The molecule has 0 amide bonds. The van der Waals surface area contributed by atoms with Gasteiger partial charge in [-0.1, -0.05) is 56.7 Å². The summed E-state index contributed by atoms with van der Waals surface area (Å²) in [5, 5.41) is 3.44. The van der Waals surface area contributed by atoms with Crippen LogP contribution in [0.25, 0.3) is 6.08 Å². The molecule has 2 unspecified atom stereocenters. The first-order chi connectivity index (χ1) is 8.19. The van der Waals surface area contributed by atoms with Crippen LogP contribution < -0.4 is 11.1 Å². The van der Waals surface area contributed by atoms with Crippen LogP contribution >= 0.6 is 0 Å². The molecule has 0 aliphatic rings. The number of rotatable bonds is 7. The molecular formula is C15H24N2. The van der Waals surface area contributed by atoms with Crippen LogP contribution in [-0.4, -0.2) is 6.17 Å². The van der Waals surface area contributed by atoms with Crippen molar-refractivity contribution in [2.75, 3.05) is 0 Å². The zero-order valence-corrected chi connectivity index (χ0v) is 10.9. The summed E-state index contributed by atoms with van der Waals surface area (Å²) in [7, 11) is 0. The number of benzene rings is 1. The number of nitrogens with two attached hydrogens (primary N) is 1. The van der Waals surface area contributed by atoms with E-state index in [0.717, 1.165) is 6.42 Å². The molecule has 0 aromatic heterocycles. The van der Waals surface area contributed by atoms with Crippen molar-refractivity contribution in [3.05, 3.63) is 42.0 Å². The van der Waals surface area contributed by atoms with Crippen molar-refractivity contribution < 1.29 is 0 Å². The van der Waals surface area contributed by atoms with Gasteiger partial charge in [-0.2, -0.15) is 0 Å². The lowest BCUT2D eigenvalue weighted by molar-refractivity contribution is 0.429. The second kappa shape index (κ2) is 7.25. The monoisotopic (exact) mass is 232 g/mol. The molecule has 0 radical (unpaired) electrons. The first-order valence-corrected chi connectivity index (χ1v) is 6.42. The first kappa shape index (κ1) is 13.9. The Hall–Kier alpha value is -1.12. The van der Waals surface area contributed by atoms with Gasteiger partial charge in [-0.25, -0.2) is 0 Å². The van der Waals surface area contributed by atoms with Gasteiger partial charge in [-0.15, -0.1) is 0 Å². The van der Waals surface area contributed by atoms with Crippen LogP contribution in [0.2, 0.25) is 0 Å². The Kier molecular flexibility index (Phi) is 5.95. The average molecular weight is 232 g/mol. The number of hydrogen-bond donors (Lipinski definition) is 2. The van der Waals surface area contributed by atoms with Gasteiger partial charge in [-0.05, 0) is 24.5 Å². The molecule has 94 valence electrons. The fourth-order valence-electron chi connectivity index (χ4n) is 2.01. The Morgan fingerprint density at radius 1 is 1.41 bits per heavy atom. The molecule has 0 saturated heterocycles. The van der Waals surface area contributed by atoms with Gasteiger partial charge in [0.1, 0.15) is 0 Å². The molecule has 2 heteroatoms. The van der Waals surface area contributed by atoms with Crippen LogP contribution in [0.4, 0.5) is 0 Å². The van der Waals surface area contributed by atoms with Crippen LogP contribution in [0, 0.1) is 0 Å². The maximum atomic E-state index is 6.05. The fraction of sp³-hybridized carbons (Fsp3) is 0.467. The van der Waals surface area contributed by atoms with Crippen LogP contribution in [0.15, 0.2) is 30.8 Å². The fourth-order valence-corrected chi connectivity index (χ4v) is 2.01. The Morgan fingerprint density at radius 3 is 2.76 bits per heavy atom. The van der Waals surface area contributed by atoms with E-state index in [-0.39, 0.29) is 12.2 Å². The molecule has 1 rings (SSSR count). The maximum Gasteiger partial charge on any atom is 0.0550 e. The van der Waals surface area contributed by atoms with Gasteiger partial charge in [-0.3, -0.25) is 5.32 Å². The van der Waals surface area contributed by atoms with Crippen LogP contribution in [0.1, 0.15) is 50.3 Å². The SMILES string of the molecule is C=Cc1ccccc1C(C)NC(N)CCCC. The van der Waals surface area contributed by atoms with E-state index in [9.17, 15) is 0 Å². The van der Waals surface area contributed by atoms with Crippen LogP contribution in [0.5, 0.6) is 0 Å². The normalized spacial score (nSPS) is 14.3. The molecule has 0 spiro atoms. The molecule has 0 heterocycles.